The third kappa shape index (κ3) is 5.33. The molecule has 2 aromatic rings. The van der Waals surface area contributed by atoms with Crippen molar-refractivity contribution >= 4 is 21.8 Å². The Morgan fingerprint density at radius 1 is 1.12 bits per heavy atom. The number of carbonyl (C=O) groups excluding carboxylic acids is 1. The van der Waals surface area contributed by atoms with E-state index in [1.54, 1.807) is 12.1 Å². The number of hydrogen-bond donors (Lipinski definition) is 1. The van der Waals surface area contributed by atoms with Crippen LogP contribution in [0.5, 0.6) is 0 Å². The molecule has 128 valence electrons. The van der Waals surface area contributed by atoms with Gasteiger partial charge in [-0.15, -0.1) is 0 Å². The average molecular weight is 404 g/mol. The second-order valence-corrected chi connectivity index (χ2v) is 6.13. The quantitative estimate of drug-likeness (QED) is 0.709. The zero-order valence-corrected chi connectivity index (χ0v) is 14.0. The molecule has 0 aliphatic rings. The van der Waals surface area contributed by atoms with Crippen molar-refractivity contribution in [2.45, 2.75) is 25.6 Å². The van der Waals surface area contributed by atoms with Gasteiger partial charge in [0.2, 0.25) is 5.91 Å². The van der Waals surface area contributed by atoms with E-state index in [2.05, 4.69) is 21.2 Å². The molecule has 2 rings (SSSR count). The van der Waals surface area contributed by atoms with Gasteiger partial charge < -0.3 is 5.32 Å². The fourth-order valence-electron chi connectivity index (χ4n) is 2.12. The molecule has 7 heteroatoms. The minimum Gasteiger partial charge on any atom is -0.352 e. The first-order valence-electron chi connectivity index (χ1n) is 7.12. The molecule has 2 aromatic carbocycles. The third-order valence-electron chi connectivity index (χ3n) is 3.38. The first-order valence-corrected chi connectivity index (χ1v) is 7.92. The van der Waals surface area contributed by atoms with Crippen LogP contribution < -0.4 is 5.32 Å². The summed E-state index contributed by atoms with van der Waals surface area (Å²) < 4.78 is 52.1. The zero-order chi connectivity index (χ0) is 17.7. The molecule has 0 radical (unpaired) electrons. The fourth-order valence-corrected chi connectivity index (χ4v) is 2.45. The van der Waals surface area contributed by atoms with E-state index in [-0.39, 0.29) is 25.3 Å². The molecule has 1 amide bonds. The molecule has 0 spiro atoms. The number of carbonyl (C=O) groups is 1. The van der Waals surface area contributed by atoms with E-state index in [1.165, 1.54) is 18.2 Å². The molecule has 0 saturated heterocycles. The van der Waals surface area contributed by atoms with E-state index in [0.29, 0.717) is 15.6 Å². The lowest BCUT2D eigenvalue weighted by Crippen LogP contribution is -2.23. The van der Waals surface area contributed by atoms with Gasteiger partial charge in [-0.2, -0.15) is 13.2 Å². The predicted octanol–water partition coefficient (Wildman–Crippen LogP) is 4.86. The van der Waals surface area contributed by atoms with Crippen LogP contribution in [0.3, 0.4) is 0 Å². The van der Waals surface area contributed by atoms with Crippen LogP contribution in [0.1, 0.15) is 23.1 Å². The number of halogens is 5. The lowest BCUT2D eigenvalue weighted by atomic mass is 10.1. The van der Waals surface area contributed by atoms with Gasteiger partial charge in [-0.25, -0.2) is 4.39 Å². The van der Waals surface area contributed by atoms with Crippen LogP contribution in [0.4, 0.5) is 17.6 Å². The van der Waals surface area contributed by atoms with E-state index in [0.717, 1.165) is 12.1 Å². The van der Waals surface area contributed by atoms with Gasteiger partial charge in [0.25, 0.3) is 0 Å². The Bertz CT molecular complexity index is 731. The molecule has 2 nitrogen and oxygen atoms in total. The van der Waals surface area contributed by atoms with Gasteiger partial charge in [0.05, 0.1) is 5.56 Å². The van der Waals surface area contributed by atoms with E-state index in [9.17, 15) is 22.4 Å². The highest BCUT2D eigenvalue weighted by Gasteiger charge is 2.30. The van der Waals surface area contributed by atoms with Crippen LogP contribution in [-0.4, -0.2) is 5.91 Å². The van der Waals surface area contributed by atoms with Crippen molar-refractivity contribution in [2.24, 2.45) is 0 Å². The summed E-state index contributed by atoms with van der Waals surface area (Å²) >= 11 is 3.15. The second-order valence-electron chi connectivity index (χ2n) is 5.21. The minimum absolute atomic E-state index is 0.00836. The molecular formula is C17H14BrF4NO. The maximum absolute atomic E-state index is 13.6. The Kier molecular flexibility index (Phi) is 5.99. The number of nitrogens with one attached hydrogen (secondary N) is 1. The van der Waals surface area contributed by atoms with Crippen molar-refractivity contribution in [1.82, 2.24) is 5.32 Å². The van der Waals surface area contributed by atoms with Gasteiger partial charge in [-0.05, 0) is 41.8 Å². The predicted molar refractivity (Wildman–Crippen MR) is 85.7 cm³/mol. The maximum Gasteiger partial charge on any atom is 0.416 e. The van der Waals surface area contributed by atoms with Crippen LogP contribution in [0.15, 0.2) is 46.9 Å². The second kappa shape index (κ2) is 7.79. The van der Waals surface area contributed by atoms with Crippen molar-refractivity contribution < 1.29 is 22.4 Å². The molecule has 0 aliphatic heterocycles. The number of amides is 1. The Hall–Kier alpha value is -1.89. The summed E-state index contributed by atoms with van der Waals surface area (Å²) in [6.07, 6.45) is -4.15. The Morgan fingerprint density at radius 2 is 1.88 bits per heavy atom. The summed E-state index contributed by atoms with van der Waals surface area (Å²) in [5.41, 5.74) is 0.00611. The van der Waals surface area contributed by atoms with Crippen molar-refractivity contribution in [3.8, 4) is 0 Å². The Morgan fingerprint density at radius 3 is 2.54 bits per heavy atom. The number of benzene rings is 2. The number of alkyl halides is 3. The molecule has 0 aliphatic carbocycles. The fraction of sp³-hybridized carbons (Fsp3) is 0.235. The molecule has 0 aromatic heterocycles. The smallest absolute Gasteiger partial charge is 0.352 e. The molecule has 0 atom stereocenters. The van der Waals surface area contributed by atoms with Crippen molar-refractivity contribution in [2.75, 3.05) is 0 Å². The normalized spacial score (nSPS) is 11.4. The first kappa shape index (κ1) is 18.4. The molecule has 0 fully saturated rings. The number of rotatable bonds is 5. The molecule has 0 unspecified atom stereocenters. The highest BCUT2D eigenvalue weighted by Crippen LogP contribution is 2.29. The highest BCUT2D eigenvalue weighted by molar-refractivity contribution is 9.10. The average Bonchev–Trinajstić information content (AvgIpc) is 2.51. The summed E-state index contributed by atoms with van der Waals surface area (Å²) in [7, 11) is 0. The molecule has 0 bridgehead atoms. The lowest BCUT2D eigenvalue weighted by molar-refractivity contribution is -0.137. The van der Waals surface area contributed by atoms with Gasteiger partial charge in [-0.1, -0.05) is 34.1 Å². The number of hydrogen-bond acceptors (Lipinski definition) is 1. The van der Waals surface area contributed by atoms with Crippen molar-refractivity contribution in [3.63, 3.8) is 0 Å². The van der Waals surface area contributed by atoms with Crippen molar-refractivity contribution in [3.05, 3.63) is 69.4 Å². The van der Waals surface area contributed by atoms with E-state index in [4.69, 9.17) is 0 Å². The Labute approximate surface area is 145 Å². The lowest BCUT2D eigenvalue weighted by Gasteiger charge is -2.10. The standard InChI is InChI=1S/C17H14BrF4NO/c18-14-6-4-12(15(19)9-14)5-7-16(24)23-10-11-2-1-3-13(8-11)17(20,21)22/h1-4,6,8-9H,5,7,10H2,(H,23,24). The van der Waals surface area contributed by atoms with E-state index >= 15 is 0 Å². The van der Waals surface area contributed by atoms with Crippen LogP contribution in [0.2, 0.25) is 0 Å². The summed E-state index contributed by atoms with van der Waals surface area (Å²) in [5, 5.41) is 2.54. The number of aryl methyl sites for hydroxylation is 1. The van der Waals surface area contributed by atoms with E-state index < -0.39 is 17.6 Å². The van der Waals surface area contributed by atoms with Crippen molar-refractivity contribution in [1.29, 1.82) is 0 Å². The summed E-state index contributed by atoms with van der Waals surface area (Å²) in [4.78, 5) is 11.8. The van der Waals surface area contributed by atoms with Crippen LogP contribution >= 0.6 is 15.9 Å². The largest absolute Gasteiger partial charge is 0.416 e. The zero-order valence-electron chi connectivity index (χ0n) is 12.5. The van der Waals surface area contributed by atoms with Gasteiger partial charge in [0, 0.05) is 17.4 Å². The highest BCUT2D eigenvalue weighted by atomic mass is 79.9. The van der Waals surface area contributed by atoms with Crippen LogP contribution in [0, 0.1) is 5.82 Å². The summed E-state index contributed by atoms with van der Waals surface area (Å²) in [6.45, 7) is -0.00836. The SMILES string of the molecule is O=C(CCc1ccc(Br)cc1F)NCc1cccc(C(F)(F)F)c1. The van der Waals surface area contributed by atoms with Crippen LogP contribution in [0.25, 0.3) is 0 Å². The molecular weight excluding hydrogens is 390 g/mol. The van der Waals surface area contributed by atoms with Gasteiger partial charge >= 0.3 is 6.18 Å². The van der Waals surface area contributed by atoms with Gasteiger partial charge in [-0.3, -0.25) is 4.79 Å². The van der Waals surface area contributed by atoms with Crippen LogP contribution in [-0.2, 0) is 23.9 Å². The summed E-state index contributed by atoms with van der Waals surface area (Å²) in [6, 6.07) is 9.34. The topological polar surface area (TPSA) is 29.1 Å². The molecule has 0 heterocycles. The van der Waals surface area contributed by atoms with Gasteiger partial charge in [0.1, 0.15) is 5.82 Å². The maximum atomic E-state index is 13.6. The first-order chi connectivity index (χ1) is 11.3. The third-order valence-corrected chi connectivity index (χ3v) is 3.87. The molecule has 24 heavy (non-hydrogen) atoms. The van der Waals surface area contributed by atoms with E-state index in [1.807, 2.05) is 0 Å². The minimum atomic E-state index is -4.42. The molecule has 1 N–H and O–H groups in total. The Balaban J connectivity index is 1.87. The van der Waals surface area contributed by atoms with Gasteiger partial charge in [0.15, 0.2) is 0 Å². The molecule has 0 saturated carbocycles. The monoisotopic (exact) mass is 403 g/mol. The summed E-state index contributed by atoms with van der Waals surface area (Å²) in [5.74, 6) is -0.759.